The SMILES string of the molecule is O=C(NCCO)c1ccc(N2OC(C(=O)N3CCCCC3)C=CC2c2ccc3c(c2)OCO3)c([N+](=O)[O-])c1. The van der Waals surface area contributed by atoms with Gasteiger partial charge in [0.1, 0.15) is 11.7 Å². The number of carbonyl (C=O) groups excluding carboxylic acids is 2. The molecule has 0 spiro atoms. The van der Waals surface area contributed by atoms with Crippen molar-refractivity contribution in [1.29, 1.82) is 0 Å². The van der Waals surface area contributed by atoms with Crippen molar-refractivity contribution in [2.45, 2.75) is 31.4 Å². The van der Waals surface area contributed by atoms with Gasteiger partial charge in [0.2, 0.25) is 6.79 Å². The minimum atomic E-state index is -0.967. The third-order valence-corrected chi connectivity index (χ3v) is 6.67. The van der Waals surface area contributed by atoms with Crippen molar-refractivity contribution < 1.29 is 33.9 Å². The number of rotatable bonds is 7. The molecule has 3 aliphatic rings. The number of fused-ring (bicyclic) bond motifs is 1. The van der Waals surface area contributed by atoms with Crippen molar-refractivity contribution in [2.75, 3.05) is 38.1 Å². The van der Waals surface area contributed by atoms with Crippen molar-refractivity contribution in [3.63, 3.8) is 0 Å². The fourth-order valence-electron chi connectivity index (χ4n) is 4.75. The topological polar surface area (TPSA) is 144 Å². The van der Waals surface area contributed by atoms with Gasteiger partial charge in [0.05, 0.1) is 11.5 Å². The number of hydrogen-bond acceptors (Lipinski definition) is 9. The van der Waals surface area contributed by atoms with E-state index < -0.39 is 23.0 Å². The highest BCUT2D eigenvalue weighted by Crippen LogP contribution is 2.41. The number of hydrogen-bond donors (Lipinski definition) is 2. The molecule has 0 saturated carbocycles. The van der Waals surface area contributed by atoms with Crippen molar-refractivity contribution in [3.8, 4) is 11.5 Å². The Morgan fingerprint density at radius 3 is 2.61 bits per heavy atom. The molecule has 12 nitrogen and oxygen atoms in total. The summed E-state index contributed by atoms with van der Waals surface area (Å²) in [6.45, 7) is 1.12. The highest BCUT2D eigenvalue weighted by Gasteiger charge is 2.37. The zero-order valence-corrected chi connectivity index (χ0v) is 20.6. The third-order valence-electron chi connectivity index (χ3n) is 6.67. The summed E-state index contributed by atoms with van der Waals surface area (Å²) in [5.74, 6) is 0.354. The number of aliphatic hydroxyl groups excluding tert-OH is 1. The van der Waals surface area contributed by atoms with Crippen LogP contribution in [0.4, 0.5) is 11.4 Å². The predicted molar refractivity (Wildman–Crippen MR) is 135 cm³/mol. The maximum absolute atomic E-state index is 13.3. The fraction of sp³-hybridized carbons (Fsp3) is 0.385. The average molecular weight is 525 g/mol. The molecule has 38 heavy (non-hydrogen) atoms. The molecule has 2 aromatic carbocycles. The summed E-state index contributed by atoms with van der Waals surface area (Å²) in [6.07, 6.45) is 5.37. The smallest absolute Gasteiger partial charge is 0.295 e. The molecule has 200 valence electrons. The van der Waals surface area contributed by atoms with Gasteiger partial charge in [0, 0.05) is 31.3 Å². The lowest BCUT2D eigenvalue weighted by Gasteiger charge is -2.38. The molecule has 3 aliphatic heterocycles. The second kappa shape index (κ2) is 11.1. The number of amides is 2. The zero-order chi connectivity index (χ0) is 26.6. The van der Waals surface area contributed by atoms with Crippen LogP contribution < -0.4 is 19.9 Å². The third kappa shape index (κ3) is 5.13. The summed E-state index contributed by atoms with van der Waals surface area (Å²) in [7, 11) is 0. The molecule has 2 unspecified atom stereocenters. The molecule has 5 rings (SSSR count). The van der Waals surface area contributed by atoms with Gasteiger partial charge in [-0.05, 0) is 55.2 Å². The number of nitrogens with one attached hydrogen (secondary N) is 1. The first-order chi connectivity index (χ1) is 18.5. The lowest BCUT2D eigenvalue weighted by molar-refractivity contribution is -0.384. The van der Waals surface area contributed by atoms with Crippen LogP contribution in [0.25, 0.3) is 0 Å². The minimum absolute atomic E-state index is 0.0148. The number of nitro groups is 1. The summed E-state index contributed by atoms with van der Waals surface area (Å²) < 4.78 is 10.9. The van der Waals surface area contributed by atoms with Gasteiger partial charge in [-0.25, -0.2) is 5.06 Å². The summed E-state index contributed by atoms with van der Waals surface area (Å²) in [5.41, 5.74) is 0.472. The Labute approximate surface area is 218 Å². The van der Waals surface area contributed by atoms with Gasteiger partial charge < -0.3 is 24.8 Å². The van der Waals surface area contributed by atoms with Gasteiger partial charge in [0.15, 0.2) is 17.6 Å². The molecule has 0 aromatic heterocycles. The van der Waals surface area contributed by atoms with E-state index in [1.165, 1.54) is 17.2 Å². The largest absolute Gasteiger partial charge is 0.454 e. The standard InChI is InChI=1S/C26H28N4O8/c31-13-10-27-25(32)18-4-6-20(21(14-18)30(34)35)29-19(17-5-8-22-24(15-17)37-16-36-22)7-9-23(38-29)26(33)28-11-2-1-3-12-28/h4-9,14-15,19,23,31H,1-3,10-13,16H2,(H,27,32). The van der Waals surface area contributed by atoms with Gasteiger partial charge in [-0.1, -0.05) is 12.1 Å². The maximum Gasteiger partial charge on any atom is 0.295 e. The molecule has 2 amide bonds. The number of benzene rings is 2. The van der Waals surface area contributed by atoms with Crippen LogP contribution in [0.2, 0.25) is 0 Å². The lowest BCUT2D eigenvalue weighted by Crippen LogP contribution is -2.47. The highest BCUT2D eigenvalue weighted by atomic mass is 16.7. The number of ether oxygens (including phenoxy) is 2. The molecule has 0 radical (unpaired) electrons. The second-order valence-corrected chi connectivity index (χ2v) is 9.12. The Kier molecular flexibility index (Phi) is 7.43. The highest BCUT2D eigenvalue weighted by molar-refractivity contribution is 5.95. The predicted octanol–water partition coefficient (Wildman–Crippen LogP) is 2.48. The van der Waals surface area contributed by atoms with Gasteiger partial charge in [-0.3, -0.25) is 24.5 Å². The molecule has 2 atom stereocenters. The van der Waals surface area contributed by atoms with E-state index >= 15 is 0 Å². The van der Waals surface area contributed by atoms with Gasteiger partial charge in [-0.15, -0.1) is 0 Å². The molecule has 0 aliphatic carbocycles. The van der Waals surface area contributed by atoms with Crippen LogP contribution in [-0.2, 0) is 9.63 Å². The summed E-state index contributed by atoms with van der Waals surface area (Å²) in [5, 5.41) is 24.9. The Hall–Kier alpha value is -4.16. The number of aliphatic hydroxyl groups is 1. The van der Waals surface area contributed by atoms with Crippen LogP contribution in [0.5, 0.6) is 11.5 Å². The van der Waals surface area contributed by atoms with Gasteiger partial charge in [0.25, 0.3) is 17.5 Å². The molecular formula is C26H28N4O8. The van der Waals surface area contributed by atoms with Crippen molar-refractivity contribution >= 4 is 23.2 Å². The van der Waals surface area contributed by atoms with E-state index in [0.29, 0.717) is 30.2 Å². The first-order valence-electron chi connectivity index (χ1n) is 12.5. The lowest BCUT2D eigenvalue weighted by atomic mass is 10.0. The number of carbonyl (C=O) groups is 2. The summed E-state index contributed by atoms with van der Waals surface area (Å²) >= 11 is 0. The number of nitro benzene ring substituents is 1. The van der Waals surface area contributed by atoms with E-state index in [-0.39, 0.29) is 42.8 Å². The van der Waals surface area contributed by atoms with E-state index in [0.717, 1.165) is 25.3 Å². The van der Waals surface area contributed by atoms with Crippen LogP contribution in [0.1, 0.15) is 41.2 Å². The number of piperidine rings is 1. The first-order valence-corrected chi connectivity index (χ1v) is 12.5. The zero-order valence-electron chi connectivity index (χ0n) is 20.6. The summed E-state index contributed by atoms with van der Waals surface area (Å²) in [6, 6.07) is 8.70. The van der Waals surface area contributed by atoms with E-state index in [4.69, 9.17) is 19.4 Å². The normalized spacial score (nSPS) is 20.3. The van der Waals surface area contributed by atoms with E-state index in [1.807, 2.05) is 0 Å². The molecule has 1 fully saturated rings. The maximum atomic E-state index is 13.3. The average Bonchev–Trinajstić information content (AvgIpc) is 3.43. The van der Waals surface area contributed by atoms with E-state index in [1.54, 1.807) is 35.3 Å². The molecule has 0 bridgehead atoms. The Balaban J connectivity index is 1.52. The van der Waals surface area contributed by atoms with Crippen LogP contribution in [0.15, 0.2) is 48.6 Å². The van der Waals surface area contributed by atoms with Crippen LogP contribution in [0, 0.1) is 10.1 Å². The van der Waals surface area contributed by atoms with Crippen molar-refractivity contribution in [2.24, 2.45) is 0 Å². The quantitative estimate of drug-likeness (QED) is 0.317. The minimum Gasteiger partial charge on any atom is -0.454 e. The van der Waals surface area contributed by atoms with E-state index in [9.17, 15) is 19.7 Å². The van der Waals surface area contributed by atoms with Crippen LogP contribution in [-0.4, -0.2) is 65.9 Å². The van der Waals surface area contributed by atoms with Crippen LogP contribution in [0.3, 0.4) is 0 Å². The summed E-state index contributed by atoms with van der Waals surface area (Å²) in [4.78, 5) is 45.1. The van der Waals surface area contributed by atoms with Gasteiger partial charge in [-0.2, -0.15) is 0 Å². The molecule has 1 saturated heterocycles. The second-order valence-electron chi connectivity index (χ2n) is 9.12. The molecule has 2 aromatic rings. The first kappa shape index (κ1) is 25.5. The molecular weight excluding hydrogens is 496 g/mol. The fourth-order valence-corrected chi connectivity index (χ4v) is 4.75. The van der Waals surface area contributed by atoms with E-state index in [2.05, 4.69) is 5.32 Å². The Morgan fingerprint density at radius 1 is 1.05 bits per heavy atom. The molecule has 3 heterocycles. The number of likely N-dealkylation sites (tertiary alicyclic amines) is 1. The van der Waals surface area contributed by atoms with Gasteiger partial charge >= 0.3 is 0 Å². The van der Waals surface area contributed by atoms with Crippen LogP contribution >= 0.6 is 0 Å². The Morgan fingerprint density at radius 2 is 1.84 bits per heavy atom. The monoisotopic (exact) mass is 524 g/mol. The number of anilines is 1. The van der Waals surface area contributed by atoms with Crippen molar-refractivity contribution in [3.05, 3.63) is 69.8 Å². The van der Waals surface area contributed by atoms with Crippen molar-refractivity contribution in [1.82, 2.24) is 10.2 Å². The number of nitrogens with zero attached hydrogens (tertiary/aromatic N) is 3. The molecule has 12 heteroatoms. The molecule has 2 N–H and O–H groups in total. The number of hydroxylamine groups is 1. The Bertz CT molecular complexity index is 1260.